The average Bonchev–Trinajstić information content (AvgIpc) is 3.25. The molecule has 2 atom stereocenters. The third-order valence-corrected chi connectivity index (χ3v) is 6.32. The monoisotopic (exact) mass is 404 g/mol. The molecule has 0 aliphatic carbocycles. The summed E-state index contributed by atoms with van der Waals surface area (Å²) in [6.07, 6.45) is 4.07. The molecule has 0 bridgehead atoms. The molecule has 27 heavy (non-hydrogen) atoms. The maximum atomic E-state index is 11.9. The van der Waals surface area contributed by atoms with E-state index in [1.54, 1.807) is 7.05 Å². The van der Waals surface area contributed by atoms with Crippen LogP contribution < -0.4 is 16.0 Å². The largest absolute Gasteiger partial charge is 0.379 e. The van der Waals surface area contributed by atoms with E-state index in [0.717, 1.165) is 32.4 Å². The molecule has 2 aliphatic heterocycles. The molecule has 0 spiro atoms. The molecule has 9 nitrogen and oxygen atoms in total. The van der Waals surface area contributed by atoms with Crippen LogP contribution in [0.1, 0.15) is 32.1 Å². The van der Waals surface area contributed by atoms with Gasteiger partial charge < -0.3 is 25.4 Å². The van der Waals surface area contributed by atoms with Crippen LogP contribution in [0.5, 0.6) is 0 Å². The lowest BCUT2D eigenvalue weighted by Crippen LogP contribution is -2.41. The first kappa shape index (κ1) is 21.9. The van der Waals surface area contributed by atoms with Gasteiger partial charge in [-0.05, 0) is 25.7 Å². The van der Waals surface area contributed by atoms with Crippen LogP contribution in [0.3, 0.4) is 0 Å². The van der Waals surface area contributed by atoms with Crippen LogP contribution in [0, 0.1) is 0 Å². The minimum atomic E-state index is -2.98. The van der Waals surface area contributed by atoms with Crippen molar-refractivity contribution >= 4 is 21.7 Å². The Morgan fingerprint density at radius 2 is 2.07 bits per heavy atom. The van der Waals surface area contributed by atoms with E-state index in [4.69, 9.17) is 9.47 Å². The summed E-state index contributed by atoms with van der Waals surface area (Å²) >= 11 is 0. The minimum Gasteiger partial charge on any atom is -0.379 e. The number of aliphatic imine (C=N–C) groups is 1. The predicted octanol–water partition coefficient (Wildman–Crippen LogP) is -0.569. The fourth-order valence-corrected chi connectivity index (χ4v) is 4.77. The first-order valence-corrected chi connectivity index (χ1v) is 11.4. The van der Waals surface area contributed by atoms with E-state index < -0.39 is 9.84 Å². The van der Waals surface area contributed by atoms with Gasteiger partial charge in [0.05, 0.1) is 24.2 Å². The van der Waals surface area contributed by atoms with Crippen molar-refractivity contribution in [3.05, 3.63) is 0 Å². The lowest BCUT2D eigenvalue weighted by molar-refractivity contribution is -0.121. The van der Waals surface area contributed by atoms with E-state index in [9.17, 15) is 13.2 Å². The zero-order valence-electron chi connectivity index (χ0n) is 16.0. The first-order chi connectivity index (χ1) is 13.0. The highest BCUT2D eigenvalue weighted by Gasteiger charge is 2.28. The van der Waals surface area contributed by atoms with E-state index in [2.05, 4.69) is 20.9 Å². The standard InChI is InChI=1S/C17H32N4O5S/c1-18-17(19-7-3-9-25-12-15-4-2-10-26-15)20-8-5-16(22)21-14-6-11-27(23,24)13-14/h14-15H,2-13H2,1H3,(H,21,22)(H2,18,19,20). The number of carbonyl (C=O) groups excluding carboxylic acids is 1. The van der Waals surface area contributed by atoms with E-state index >= 15 is 0 Å². The van der Waals surface area contributed by atoms with Crippen molar-refractivity contribution in [2.24, 2.45) is 4.99 Å². The molecule has 10 heteroatoms. The smallest absolute Gasteiger partial charge is 0.222 e. The third kappa shape index (κ3) is 8.89. The van der Waals surface area contributed by atoms with E-state index in [1.165, 1.54) is 0 Å². The molecule has 3 N–H and O–H groups in total. The lowest BCUT2D eigenvalue weighted by atomic mass is 10.2. The number of sulfone groups is 1. The van der Waals surface area contributed by atoms with Gasteiger partial charge in [-0.3, -0.25) is 9.79 Å². The first-order valence-electron chi connectivity index (χ1n) is 9.62. The maximum absolute atomic E-state index is 11.9. The van der Waals surface area contributed by atoms with Crippen molar-refractivity contribution in [1.29, 1.82) is 0 Å². The molecule has 1 amide bonds. The summed E-state index contributed by atoms with van der Waals surface area (Å²) in [5.41, 5.74) is 0. The van der Waals surface area contributed by atoms with Gasteiger partial charge in [0.2, 0.25) is 5.91 Å². The number of rotatable bonds is 10. The number of hydrogen-bond donors (Lipinski definition) is 3. The number of amides is 1. The number of guanidine groups is 1. The summed E-state index contributed by atoms with van der Waals surface area (Å²) in [5, 5.41) is 9.02. The van der Waals surface area contributed by atoms with Gasteiger partial charge in [-0.25, -0.2) is 8.42 Å². The van der Waals surface area contributed by atoms with Crippen molar-refractivity contribution in [3.8, 4) is 0 Å². The Bertz CT molecular complexity index is 590. The molecule has 2 saturated heterocycles. The average molecular weight is 405 g/mol. The van der Waals surface area contributed by atoms with E-state index in [-0.39, 0.29) is 36.0 Å². The molecular formula is C17H32N4O5S. The fourth-order valence-electron chi connectivity index (χ4n) is 3.10. The minimum absolute atomic E-state index is 0.0460. The molecule has 0 saturated carbocycles. The van der Waals surface area contributed by atoms with Gasteiger partial charge in [0.25, 0.3) is 0 Å². The Kier molecular flexibility index (Phi) is 9.29. The summed E-state index contributed by atoms with van der Waals surface area (Å²) < 4.78 is 33.9. The fraction of sp³-hybridized carbons (Fsp3) is 0.882. The van der Waals surface area contributed by atoms with Crippen LogP contribution in [0.15, 0.2) is 4.99 Å². The summed E-state index contributed by atoms with van der Waals surface area (Å²) in [5.74, 6) is 0.682. The number of nitrogens with one attached hydrogen (secondary N) is 3. The van der Waals surface area contributed by atoms with E-state index in [0.29, 0.717) is 32.1 Å². The van der Waals surface area contributed by atoms with Crippen molar-refractivity contribution < 1.29 is 22.7 Å². The second-order valence-electron chi connectivity index (χ2n) is 6.91. The van der Waals surface area contributed by atoms with Crippen LogP contribution >= 0.6 is 0 Å². The summed E-state index contributed by atoms with van der Waals surface area (Å²) in [4.78, 5) is 16.0. The van der Waals surface area contributed by atoms with Gasteiger partial charge in [-0.1, -0.05) is 0 Å². The number of ether oxygens (including phenoxy) is 2. The van der Waals surface area contributed by atoms with Gasteiger partial charge in [0.15, 0.2) is 15.8 Å². The van der Waals surface area contributed by atoms with Gasteiger partial charge in [-0.2, -0.15) is 0 Å². The predicted molar refractivity (Wildman–Crippen MR) is 104 cm³/mol. The Morgan fingerprint density at radius 3 is 2.74 bits per heavy atom. The SMILES string of the molecule is CN=C(NCCCOCC1CCCO1)NCCC(=O)NC1CCS(=O)(=O)C1. The molecule has 2 unspecified atom stereocenters. The van der Waals surface area contributed by atoms with Crippen LogP contribution in [-0.2, 0) is 24.1 Å². The van der Waals surface area contributed by atoms with Crippen LogP contribution in [-0.4, -0.2) is 83.9 Å². The summed E-state index contributed by atoms with van der Waals surface area (Å²) in [6, 6.07) is -0.255. The van der Waals surface area contributed by atoms with Gasteiger partial charge in [0.1, 0.15) is 0 Å². The Labute approximate surface area is 161 Å². The van der Waals surface area contributed by atoms with Crippen LogP contribution in [0.25, 0.3) is 0 Å². The van der Waals surface area contributed by atoms with Gasteiger partial charge >= 0.3 is 0 Å². The number of hydrogen-bond acceptors (Lipinski definition) is 6. The molecule has 0 aromatic carbocycles. The zero-order chi connectivity index (χ0) is 19.5. The van der Waals surface area contributed by atoms with Crippen molar-refractivity contribution in [2.45, 2.75) is 44.2 Å². The number of nitrogens with zero attached hydrogens (tertiary/aromatic N) is 1. The molecule has 0 aromatic rings. The van der Waals surface area contributed by atoms with Gasteiger partial charge in [-0.15, -0.1) is 0 Å². The zero-order valence-corrected chi connectivity index (χ0v) is 16.9. The third-order valence-electron chi connectivity index (χ3n) is 4.55. The highest BCUT2D eigenvalue weighted by Crippen LogP contribution is 2.12. The van der Waals surface area contributed by atoms with Crippen LogP contribution in [0.4, 0.5) is 0 Å². The molecule has 2 aliphatic rings. The van der Waals surface area contributed by atoms with Crippen molar-refractivity contribution in [1.82, 2.24) is 16.0 Å². The molecule has 156 valence electrons. The highest BCUT2D eigenvalue weighted by atomic mass is 32.2. The van der Waals surface area contributed by atoms with Crippen LogP contribution in [0.2, 0.25) is 0 Å². The normalized spacial score (nSPS) is 24.7. The molecule has 0 aromatic heterocycles. The lowest BCUT2D eigenvalue weighted by Gasteiger charge is -2.14. The molecule has 0 radical (unpaired) electrons. The van der Waals surface area contributed by atoms with Crippen molar-refractivity contribution in [3.63, 3.8) is 0 Å². The Morgan fingerprint density at radius 1 is 1.26 bits per heavy atom. The molecule has 2 rings (SSSR count). The Hall–Kier alpha value is -1.39. The molecular weight excluding hydrogens is 372 g/mol. The second kappa shape index (κ2) is 11.5. The topological polar surface area (TPSA) is 118 Å². The molecule has 2 heterocycles. The quantitative estimate of drug-likeness (QED) is 0.253. The Balaban J connectivity index is 1.47. The van der Waals surface area contributed by atoms with E-state index in [1.807, 2.05) is 0 Å². The van der Waals surface area contributed by atoms with Crippen molar-refractivity contribution in [2.75, 3.05) is 51.5 Å². The summed E-state index contributed by atoms with van der Waals surface area (Å²) in [6.45, 7) is 3.31. The second-order valence-corrected chi connectivity index (χ2v) is 9.14. The van der Waals surface area contributed by atoms with Gasteiger partial charge in [0, 0.05) is 45.8 Å². The molecule has 2 fully saturated rings. The number of carbonyl (C=O) groups is 1. The summed E-state index contributed by atoms with van der Waals surface area (Å²) in [7, 11) is -1.30. The maximum Gasteiger partial charge on any atom is 0.222 e. The highest BCUT2D eigenvalue weighted by molar-refractivity contribution is 7.91.